The third-order valence-corrected chi connectivity index (χ3v) is 8.91. The van der Waals surface area contributed by atoms with Gasteiger partial charge < -0.3 is 10.6 Å². The van der Waals surface area contributed by atoms with Gasteiger partial charge in [0, 0.05) is 31.2 Å². The molecule has 11 heteroatoms. The van der Waals surface area contributed by atoms with Gasteiger partial charge in [0.2, 0.25) is 15.9 Å². The van der Waals surface area contributed by atoms with E-state index in [1.165, 1.54) is 7.05 Å². The molecule has 0 aromatic heterocycles. The molecule has 2 aliphatic heterocycles. The molecule has 1 amide bonds. The van der Waals surface area contributed by atoms with Crippen molar-refractivity contribution in [1.29, 1.82) is 0 Å². The number of benzene rings is 2. The van der Waals surface area contributed by atoms with Crippen LogP contribution in [-0.2, 0) is 21.2 Å². The molecule has 2 aromatic carbocycles. The van der Waals surface area contributed by atoms with Crippen molar-refractivity contribution in [3.8, 4) is 0 Å². The van der Waals surface area contributed by atoms with Crippen LogP contribution < -0.4 is 5.73 Å². The van der Waals surface area contributed by atoms with Crippen molar-refractivity contribution in [3.63, 3.8) is 0 Å². The molecule has 190 valence electrons. The Balaban J connectivity index is 1.40. The second kappa shape index (κ2) is 9.87. The maximum atomic E-state index is 14.1. The van der Waals surface area contributed by atoms with E-state index in [9.17, 15) is 30.8 Å². The maximum Gasteiger partial charge on any atom is 0.243 e. The first kappa shape index (κ1) is 25.6. The van der Waals surface area contributed by atoms with Crippen LogP contribution >= 0.6 is 0 Å². The molecule has 2 heterocycles. The van der Waals surface area contributed by atoms with Crippen molar-refractivity contribution in [1.82, 2.24) is 9.21 Å². The highest BCUT2D eigenvalue weighted by Gasteiger charge is 2.45. The average molecular weight is 514 g/mol. The van der Waals surface area contributed by atoms with E-state index in [-0.39, 0.29) is 47.3 Å². The van der Waals surface area contributed by atoms with Crippen molar-refractivity contribution < 1.29 is 30.8 Å². The Morgan fingerprint density at radius 2 is 1.60 bits per heavy atom. The number of halogens is 4. The molecule has 4 rings (SSSR count). The highest BCUT2D eigenvalue weighted by molar-refractivity contribution is 7.89. The summed E-state index contributed by atoms with van der Waals surface area (Å²) in [4.78, 5) is 14.7. The van der Waals surface area contributed by atoms with E-state index in [1.54, 1.807) is 4.90 Å². The lowest BCUT2D eigenvalue weighted by molar-refractivity contribution is -0.136. The number of hydrogen-bond acceptors (Lipinski definition) is 4. The summed E-state index contributed by atoms with van der Waals surface area (Å²) in [5.74, 6) is -4.17. The summed E-state index contributed by atoms with van der Waals surface area (Å²) in [6.07, 6.45) is 2.65. The highest BCUT2D eigenvalue weighted by atomic mass is 32.2. The largest absolute Gasteiger partial charge is 0.336 e. The lowest BCUT2D eigenvalue weighted by Crippen LogP contribution is -2.52. The number of fused-ring (bicyclic) bond motifs is 2. The average Bonchev–Trinajstić information content (AvgIpc) is 3.07. The fraction of sp³-hybridized carbons (Fsp3) is 0.458. The van der Waals surface area contributed by atoms with Crippen LogP contribution in [0.15, 0.2) is 41.3 Å². The zero-order valence-corrected chi connectivity index (χ0v) is 19.9. The summed E-state index contributed by atoms with van der Waals surface area (Å²) < 4.78 is 80.5. The van der Waals surface area contributed by atoms with E-state index in [0.717, 1.165) is 47.5 Å². The molecule has 35 heavy (non-hydrogen) atoms. The number of hydrogen-bond donors (Lipinski definition) is 1. The molecule has 2 aliphatic rings. The molecule has 2 saturated heterocycles. The highest BCUT2D eigenvalue weighted by Crippen LogP contribution is 2.40. The van der Waals surface area contributed by atoms with Crippen LogP contribution in [0.25, 0.3) is 0 Å². The molecular weight excluding hydrogens is 486 g/mol. The standard InChI is InChI=1S/C24H27F4N3O3S/c1-30(35(33,34)19-6-2-16(25)3-7-19)13-24(32)31-17-4-5-18(31)9-15(8-17)23(29)11-14-10-21(27)22(28)12-20(14)26/h2-3,6-7,10,12,15,17-18,23H,4-5,8-9,11,13,29H2,1H3/t15?,17?,18?,23-/m1/s1. The van der Waals surface area contributed by atoms with Gasteiger partial charge in [0.15, 0.2) is 11.6 Å². The third kappa shape index (κ3) is 5.22. The topological polar surface area (TPSA) is 83.7 Å². The Morgan fingerprint density at radius 1 is 1.03 bits per heavy atom. The molecule has 2 N–H and O–H groups in total. The van der Waals surface area contributed by atoms with Crippen LogP contribution in [0.2, 0.25) is 0 Å². The van der Waals surface area contributed by atoms with Crippen molar-refractivity contribution in [3.05, 3.63) is 65.2 Å². The number of amides is 1. The van der Waals surface area contributed by atoms with Gasteiger partial charge >= 0.3 is 0 Å². The first-order chi connectivity index (χ1) is 16.5. The van der Waals surface area contributed by atoms with Gasteiger partial charge in [0.25, 0.3) is 0 Å². The predicted molar refractivity (Wildman–Crippen MR) is 121 cm³/mol. The minimum absolute atomic E-state index is 0.00915. The SMILES string of the molecule is CN(CC(=O)N1C2CCC1CC([C@H](N)Cc1cc(F)c(F)cc1F)C2)S(=O)(=O)c1ccc(F)cc1. The normalized spacial score (nSPS) is 23.1. The Labute approximate surface area is 201 Å². The Hall–Kier alpha value is -2.50. The number of carbonyl (C=O) groups excluding carboxylic acids is 1. The number of nitrogens with two attached hydrogens (primary N) is 1. The third-order valence-electron chi connectivity index (χ3n) is 7.09. The summed E-state index contributed by atoms with van der Waals surface area (Å²) in [7, 11) is -2.66. The molecule has 6 nitrogen and oxygen atoms in total. The summed E-state index contributed by atoms with van der Waals surface area (Å²) in [5.41, 5.74) is 6.33. The number of nitrogens with zero attached hydrogens (tertiary/aromatic N) is 2. The molecule has 2 unspecified atom stereocenters. The lowest BCUT2D eigenvalue weighted by atomic mass is 9.82. The molecule has 3 atom stereocenters. The van der Waals surface area contributed by atoms with Crippen LogP contribution in [0.1, 0.15) is 31.2 Å². The van der Waals surface area contributed by atoms with Gasteiger partial charge in [-0.15, -0.1) is 0 Å². The molecular formula is C24H27F4N3O3S. The Bertz CT molecular complexity index is 1200. The number of likely N-dealkylation sites (N-methyl/N-ethyl adjacent to an activating group) is 1. The number of rotatable bonds is 7. The number of carbonyl (C=O) groups is 1. The van der Waals surface area contributed by atoms with Crippen LogP contribution in [0, 0.1) is 29.2 Å². The first-order valence-electron chi connectivity index (χ1n) is 11.4. The minimum atomic E-state index is -3.97. The second-order valence-electron chi connectivity index (χ2n) is 9.36. The van der Waals surface area contributed by atoms with E-state index in [0.29, 0.717) is 18.9 Å². The van der Waals surface area contributed by atoms with Crippen LogP contribution in [0.3, 0.4) is 0 Å². The lowest BCUT2D eigenvalue weighted by Gasteiger charge is -2.41. The Morgan fingerprint density at radius 3 is 2.20 bits per heavy atom. The van der Waals surface area contributed by atoms with Gasteiger partial charge in [-0.1, -0.05) is 0 Å². The van der Waals surface area contributed by atoms with Crippen LogP contribution in [0.4, 0.5) is 17.6 Å². The molecule has 2 aromatic rings. The monoisotopic (exact) mass is 513 g/mol. The van der Waals surface area contributed by atoms with Crippen molar-refractivity contribution in [2.24, 2.45) is 11.7 Å². The van der Waals surface area contributed by atoms with E-state index in [2.05, 4.69) is 0 Å². The predicted octanol–water partition coefficient (Wildman–Crippen LogP) is 3.20. The van der Waals surface area contributed by atoms with E-state index in [1.807, 2.05) is 0 Å². The summed E-state index contributed by atoms with van der Waals surface area (Å²) in [6, 6.07) is 4.97. The van der Waals surface area contributed by atoms with Crippen molar-refractivity contribution >= 4 is 15.9 Å². The number of sulfonamides is 1. The zero-order chi connectivity index (χ0) is 25.5. The molecule has 0 spiro atoms. The van der Waals surface area contributed by atoms with Gasteiger partial charge in [-0.25, -0.2) is 26.0 Å². The van der Waals surface area contributed by atoms with Gasteiger partial charge in [0.05, 0.1) is 11.4 Å². The fourth-order valence-electron chi connectivity index (χ4n) is 5.26. The fourth-order valence-corrected chi connectivity index (χ4v) is 6.38. The van der Waals surface area contributed by atoms with Crippen LogP contribution in [-0.4, -0.2) is 55.2 Å². The molecule has 2 fully saturated rings. The quantitative estimate of drug-likeness (QED) is 0.455. The van der Waals surface area contributed by atoms with E-state index < -0.39 is 39.3 Å². The van der Waals surface area contributed by atoms with Gasteiger partial charge in [0.1, 0.15) is 11.6 Å². The zero-order valence-electron chi connectivity index (χ0n) is 19.1. The maximum absolute atomic E-state index is 14.1. The van der Waals surface area contributed by atoms with E-state index >= 15 is 0 Å². The summed E-state index contributed by atoms with van der Waals surface area (Å²) in [6.45, 7) is -0.358. The van der Waals surface area contributed by atoms with Crippen molar-refractivity contribution in [2.75, 3.05) is 13.6 Å². The van der Waals surface area contributed by atoms with Crippen molar-refractivity contribution in [2.45, 2.75) is 55.1 Å². The number of piperidine rings is 1. The van der Waals surface area contributed by atoms with Gasteiger partial charge in [-0.05, 0) is 73.9 Å². The summed E-state index contributed by atoms with van der Waals surface area (Å²) in [5, 5.41) is 0. The Kier molecular flexibility index (Phi) is 7.21. The second-order valence-corrected chi connectivity index (χ2v) is 11.4. The van der Waals surface area contributed by atoms with E-state index in [4.69, 9.17) is 5.73 Å². The first-order valence-corrected chi connectivity index (χ1v) is 12.8. The molecule has 0 aliphatic carbocycles. The molecule has 0 radical (unpaired) electrons. The minimum Gasteiger partial charge on any atom is -0.336 e. The van der Waals surface area contributed by atoms with Gasteiger partial charge in [-0.2, -0.15) is 4.31 Å². The molecule has 2 bridgehead atoms. The summed E-state index contributed by atoms with van der Waals surface area (Å²) >= 11 is 0. The van der Waals surface area contributed by atoms with Gasteiger partial charge in [-0.3, -0.25) is 4.79 Å². The smallest absolute Gasteiger partial charge is 0.243 e. The molecule has 0 saturated carbocycles. The van der Waals surface area contributed by atoms with Crippen LogP contribution in [0.5, 0.6) is 0 Å².